The van der Waals surface area contributed by atoms with Gasteiger partial charge in [0.1, 0.15) is 0 Å². The molecule has 0 rings (SSSR count). The molecule has 0 aromatic carbocycles. The zero-order valence-corrected chi connectivity index (χ0v) is 9.97. The Morgan fingerprint density at radius 1 is 1.09 bits per heavy atom. The molecule has 0 spiro atoms. The van der Waals surface area contributed by atoms with Crippen molar-refractivity contribution in [2.45, 2.75) is 18.5 Å². The second-order valence-electron chi connectivity index (χ2n) is 2.25. The summed E-state index contributed by atoms with van der Waals surface area (Å²) in [6.07, 6.45) is 1.11. The quantitative estimate of drug-likeness (QED) is 0.568. The molecule has 0 bridgehead atoms. The van der Waals surface area contributed by atoms with Crippen molar-refractivity contribution in [1.29, 1.82) is 0 Å². The number of hydrogen-bond donors (Lipinski definition) is 0. The lowest BCUT2D eigenvalue weighted by Crippen LogP contribution is -2.42. The Kier molecular flexibility index (Phi) is 6.07. The molecule has 0 aliphatic rings. The van der Waals surface area contributed by atoms with Gasteiger partial charge in [0.05, 0.1) is 0 Å². The normalized spacial score (nSPS) is 12.0. The fourth-order valence-electron chi connectivity index (χ4n) is 0.898. The topological polar surface area (TPSA) is 27.7 Å². The summed E-state index contributed by atoms with van der Waals surface area (Å²) in [6.45, 7) is 0. The minimum absolute atomic E-state index is 0.917. The van der Waals surface area contributed by atoms with Gasteiger partial charge in [0.15, 0.2) is 0 Å². The summed E-state index contributed by atoms with van der Waals surface area (Å²) in [5, 5.41) is 0. The first kappa shape index (κ1) is 11.3. The highest BCUT2D eigenvalue weighted by atomic mass is 28.4. The predicted molar refractivity (Wildman–Crippen MR) is 49.6 cm³/mol. The molecule has 0 unspecified atom stereocenters. The fourth-order valence-corrected chi connectivity index (χ4v) is 3.44. The first-order chi connectivity index (χ1) is 5.24. The third kappa shape index (κ3) is 3.48. The molecule has 0 saturated carbocycles. The molecule has 0 heterocycles. The molecule has 3 nitrogen and oxygen atoms in total. The van der Waals surface area contributed by atoms with Crippen molar-refractivity contribution in [2.75, 3.05) is 21.3 Å². The van der Waals surface area contributed by atoms with Crippen molar-refractivity contribution < 1.29 is 13.3 Å². The third-order valence-corrected chi connectivity index (χ3v) is 5.00. The van der Waals surface area contributed by atoms with Crippen LogP contribution in [0.1, 0.15) is 6.42 Å². The van der Waals surface area contributed by atoms with Crippen molar-refractivity contribution in [2.24, 2.45) is 0 Å². The van der Waals surface area contributed by atoms with Crippen molar-refractivity contribution in [3.05, 3.63) is 0 Å². The SMILES string of the molecule is CO[Si](CCC[SiH2])(OC)OC. The maximum atomic E-state index is 5.24. The molecule has 0 amide bonds. The summed E-state index contributed by atoms with van der Waals surface area (Å²) in [5.41, 5.74) is 0. The Balaban J connectivity index is 3.84. The number of hydrogen-bond acceptors (Lipinski definition) is 3. The van der Waals surface area contributed by atoms with E-state index in [9.17, 15) is 0 Å². The van der Waals surface area contributed by atoms with E-state index in [0.717, 1.165) is 12.5 Å². The highest BCUT2D eigenvalue weighted by molar-refractivity contribution is 6.60. The van der Waals surface area contributed by atoms with Crippen LogP contribution in [0.2, 0.25) is 12.1 Å². The van der Waals surface area contributed by atoms with Gasteiger partial charge in [0.2, 0.25) is 0 Å². The monoisotopic (exact) mass is 193 g/mol. The van der Waals surface area contributed by atoms with Crippen LogP contribution in [0.4, 0.5) is 0 Å². The van der Waals surface area contributed by atoms with Crippen LogP contribution in [0.25, 0.3) is 0 Å². The molecule has 5 heteroatoms. The van der Waals surface area contributed by atoms with Crippen LogP contribution in [0.3, 0.4) is 0 Å². The van der Waals surface area contributed by atoms with Gasteiger partial charge in [-0.05, 0) is 0 Å². The molecular formula is C6H17O3Si2. The Morgan fingerprint density at radius 3 is 1.82 bits per heavy atom. The summed E-state index contributed by atoms with van der Waals surface area (Å²) in [6, 6.07) is 2.09. The van der Waals surface area contributed by atoms with E-state index in [4.69, 9.17) is 13.3 Å². The van der Waals surface area contributed by atoms with Gasteiger partial charge in [-0.25, -0.2) is 0 Å². The van der Waals surface area contributed by atoms with E-state index in [1.807, 2.05) is 10.2 Å². The molecule has 0 aromatic heterocycles. The summed E-state index contributed by atoms with van der Waals surface area (Å²) < 4.78 is 15.7. The zero-order chi connectivity index (χ0) is 8.74. The third-order valence-electron chi connectivity index (χ3n) is 1.67. The van der Waals surface area contributed by atoms with Gasteiger partial charge < -0.3 is 13.3 Å². The highest BCUT2D eigenvalue weighted by Crippen LogP contribution is 2.15. The molecule has 1 radical (unpaired) electrons. The van der Waals surface area contributed by atoms with Crippen LogP contribution >= 0.6 is 0 Å². The van der Waals surface area contributed by atoms with Crippen LogP contribution in [0, 0.1) is 0 Å². The molecule has 0 aromatic rings. The second-order valence-corrected chi connectivity index (χ2v) is 6.05. The summed E-state index contributed by atoms with van der Waals surface area (Å²) >= 11 is 0. The van der Waals surface area contributed by atoms with Crippen molar-refractivity contribution in [3.8, 4) is 0 Å². The van der Waals surface area contributed by atoms with Crippen LogP contribution in [-0.2, 0) is 13.3 Å². The van der Waals surface area contributed by atoms with Gasteiger partial charge in [-0.15, -0.1) is 0 Å². The van der Waals surface area contributed by atoms with Crippen molar-refractivity contribution >= 4 is 19.0 Å². The molecular weight excluding hydrogens is 176 g/mol. The van der Waals surface area contributed by atoms with E-state index in [2.05, 4.69) is 0 Å². The van der Waals surface area contributed by atoms with E-state index in [1.54, 1.807) is 21.3 Å². The molecule has 0 fully saturated rings. The second kappa shape index (κ2) is 5.90. The van der Waals surface area contributed by atoms with Gasteiger partial charge in [0, 0.05) is 37.6 Å². The lowest BCUT2D eigenvalue weighted by atomic mass is 10.6. The molecule has 0 atom stereocenters. The standard InChI is InChI=1S/C6H17O3Si2/c1-7-11(8-2,9-3)6-4-5-10/h4-6,10H2,1-3H3. The Morgan fingerprint density at radius 2 is 1.55 bits per heavy atom. The Bertz CT molecular complexity index is 87.6. The van der Waals surface area contributed by atoms with E-state index in [-0.39, 0.29) is 0 Å². The average molecular weight is 193 g/mol. The molecule has 0 aliphatic heterocycles. The molecule has 0 N–H and O–H groups in total. The summed E-state index contributed by atoms with van der Waals surface area (Å²) in [5.74, 6) is 0. The smallest absolute Gasteiger partial charge is 0.377 e. The minimum atomic E-state index is -2.23. The average Bonchev–Trinajstić information content (AvgIpc) is 2.08. The lowest BCUT2D eigenvalue weighted by Gasteiger charge is -2.23. The summed E-state index contributed by atoms with van der Waals surface area (Å²) in [7, 11) is 4.68. The van der Waals surface area contributed by atoms with E-state index in [0.29, 0.717) is 0 Å². The van der Waals surface area contributed by atoms with E-state index >= 15 is 0 Å². The Hall–Kier alpha value is 0.314. The van der Waals surface area contributed by atoms with Gasteiger partial charge in [-0.2, -0.15) is 0 Å². The maximum absolute atomic E-state index is 5.24. The van der Waals surface area contributed by atoms with Crippen LogP contribution < -0.4 is 0 Å². The van der Waals surface area contributed by atoms with Gasteiger partial charge in [0.25, 0.3) is 0 Å². The van der Waals surface area contributed by atoms with Gasteiger partial charge in [-0.1, -0.05) is 12.5 Å². The zero-order valence-electron chi connectivity index (χ0n) is 7.55. The van der Waals surface area contributed by atoms with Crippen molar-refractivity contribution in [3.63, 3.8) is 0 Å². The van der Waals surface area contributed by atoms with Gasteiger partial charge >= 0.3 is 8.80 Å². The van der Waals surface area contributed by atoms with Gasteiger partial charge in [-0.3, -0.25) is 0 Å². The van der Waals surface area contributed by atoms with Crippen LogP contribution in [-0.4, -0.2) is 40.4 Å². The highest BCUT2D eigenvalue weighted by Gasteiger charge is 2.36. The number of rotatable bonds is 6. The molecule has 11 heavy (non-hydrogen) atoms. The first-order valence-electron chi connectivity index (χ1n) is 3.69. The lowest BCUT2D eigenvalue weighted by molar-refractivity contribution is 0.123. The predicted octanol–water partition coefficient (Wildman–Crippen LogP) is 0.306. The van der Waals surface area contributed by atoms with Crippen LogP contribution in [0.5, 0.6) is 0 Å². The first-order valence-corrected chi connectivity index (χ1v) is 6.62. The van der Waals surface area contributed by atoms with E-state index < -0.39 is 8.80 Å². The minimum Gasteiger partial charge on any atom is -0.377 e. The van der Waals surface area contributed by atoms with Crippen molar-refractivity contribution in [1.82, 2.24) is 0 Å². The molecule has 0 saturated heterocycles. The largest absolute Gasteiger partial charge is 0.500 e. The summed E-state index contributed by atoms with van der Waals surface area (Å²) in [4.78, 5) is 0. The molecule has 67 valence electrons. The van der Waals surface area contributed by atoms with E-state index in [1.165, 1.54) is 6.04 Å². The fraction of sp³-hybridized carbons (Fsp3) is 1.00. The maximum Gasteiger partial charge on any atom is 0.500 e. The molecule has 0 aliphatic carbocycles. The Labute approximate surface area is 72.8 Å². The van der Waals surface area contributed by atoms with Crippen LogP contribution in [0.15, 0.2) is 0 Å².